The second kappa shape index (κ2) is 4.07. The third-order valence-electron chi connectivity index (χ3n) is 2.08. The Morgan fingerprint density at radius 2 is 2.54 bits per heavy atom. The lowest BCUT2D eigenvalue weighted by atomic mass is 10.2. The lowest BCUT2D eigenvalue weighted by Gasteiger charge is -2.26. The molecule has 2 heterocycles. The van der Waals surface area contributed by atoms with Gasteiger partial charge in [0, 0.05) is 0 Å². The average molecular weight is 262 g/mol. The van der Waals surface area contributed by atoms with Crippen molar-refractivity contribution in [1.82, 2.24) is 5.32 Å². The van der Waals surface area contributed by atoms with Gasteiger partial charge in [-0.25, -0.2) is 0 Å². The van der Waals surface area contributed by atoms with Crippen molar-refractivity contribution in [3.63, 3.8) is 0 Å². The predicted molar refractivity (Wildman–Crippen MR) is 58.8 cm³/mol. The number of halogens is 1. The first kappa shape index (κ1) is 9.62. The van der Waals surface area contributed by atoms with Crippen LogP contribution in [-0.4, -0.2) is 12.3 Å². The monoisotopic (exact) mass is 261 g/mol. The molecule has 1 aliphatic rings. The average Bonchev–Trinajstić information content (AvgIpc) is 2.53. The van der Waals surface area contributed by atoms with Crippen LogP contribution < -0.4 is 5.32 Å². The van der Waals surface area contributed by atoms with Crippen LogP contribution in [0.5, 0.6) is 0 Å². The van der Waals surface area contributed by atoms with E-state index in [9.17, 15) is 0 Å². The van der Waals surface area contributed by atoms with Gasteiger partial charge in [-0.15, -0.1) is 11.8 Å². The summed E-state index contributed by atoms with van der Waals surface area (Å²) < 4.78 is 6.47. The molecule has 1 fully saturated rings. The molecule has 2 atom stereocenters. The largest absolute Gasteiger partial charge is 0.466 e. The molecule has 0 bridgehead atoms. The van der Waals surface area contributed by atoms with Crippen molar-refractivity contribution in [3.8, 4) is 0 Å². The van der Waals surface area contributed by atoms with Crippen LogP contribution in [-0.2, 0) is 0 Å². The maximum atomic E-state index is 5.41. The van der Waals surface area contributed by atoms with Gasteiger partial charge in [-0.3, -0.25) is 5.32 Å². The highest BCUT2D eigenvalue weighted by molar-refractivity contribution is 9.10. The fourth-order valence-electron chi connectivity index (χ4n) is 1.35. The highest BCUT2D eigenvalue weighted by atomic mass is 79.9. The van der Waals surface area contributed by atoms with E-state index in [-0.39, 0.29) is 0 Å². The van der Waals surface area contributed by atoms with Crippen LogP contribution in [0.15, 0.2) is 21.2 Å². The zero-order chi connectivity index (χ0) is 9.26. The maximum Gasteiger partial charge on any atom is 0.145 e. The molecule has 2 rings (SSSR count). The molecule has 4 heteroatoms. The Kier molecular flexibility index (Phi) is 3.01. The molecule has 0 amide bonds. The molecule has 72 valence electrons. The minimum Gasteiger partial charge on any atom is -0.466 e. The van der Waals surface area contributed by atoms with E-state index in [1.54, 1.807) is 6.26 Å². The van der Waals surface area contributed by atoms with Crippen LogP contribution in [0.25, 0.3) is 0 Å². The minimum absolute atomic E-state index is 0.320. The number of nitrogens with one attached hydrogen (secondary N) is 1. The zero-order valence-electron chi connectivity index (χ0n) is 7.42. The smallest absolute Gasteiger partial charge is 0.145 e. The predicted octanol–water partition coefficient (Wildman–Crippen LogP) is 3.01. The van der Waals surface area contributed by atoms with E-state index in [0.29, 0.717) is 5.37 Å². The molecule has 0 saturated carbocycles. The van der Waals surface area contributed by atoms with Crippen LogP contribution in [0.4, 0.5) is 0 Å². The summed E-state index contributed by atoms with van der Waals surface area (Å²) in [5.41, 5.74) is 0. The fraction of sp³-hybridized carbons (Fsp3) is 0.556. The van der Waals surface area contributed by atoms with Crippen molar-refractivity contribution in [1.29, 1.82) is 0 Å². The number of furan rings is 1. The standard InChI is InChI=1S/C9H12BrNOS/c1-6-4-11-9(13-5-6)8-7(10)2-3-12-8/h2-3,6,9,11H,4-5H2,1H3. The minimum atomic E-state index is 0.320. The van der Waals surface area contributed by atoms with Crippen LogP contribution >= 0.6 is 27.7 Å². The summed E-state index contributed by atoms with van der Waals surface area (Å²) in [4.78, 5) is 0. The normalized spacial score (nSPS) is 29.1. The lowest BCUT2D eigenvalue weighted by Crippen LogP contribution is -2.31. The first-order valence-electron chi connectivity index (χ1n) is 4.35. The Bertz CT molecular complexity index is 281. The molecule has 1 N–H and O–H groups in total. The van der Waals surface area contributed by atoms with Gasteiger partial charge < -0.3 is 4.42 Å². The topological polar surface area (TPSA) is 25.2 Å². The number of hydrogen-bond acceptors (Lipinski definition) is 3. The molecule has 0 radical (unpaired) electrons. The Hall–Kier alpha value is 0.0700. The van der Waals surface area contributed by atoms with Crippen molar-refractivity contribution in [3.05, 3.63) is 22.6 Å². The molecule has 2 unspecified atom stereocenters. The van der Waals surface area contributed by atoms with Gasteiger partial charge in [0.1, 0.15) is 11.1 Å². The van der Waals surface area contributed by atoms with Crippen molar-refractivity contribution in [2.24, 2.45) is 5.92 Å². The van der Waals surface area contributed by atoms with Gasteiger partial charge in [-0.1, -0.05) is 6.92 Å². The summed E-state index contributed by atoms with van der Waals surface area (Å²) in [6, 6.07) is 1.94. The second-order valence-corrected chi connectivity index (χ2v) is 5.35. The van der Waals surface area contributed by atoms with Crippen molar-refractivity contribution < 1.29 is 4.42 Å². The molecule has 0 spiro atoms. The Morgan fingerprint density at radius 3 is 3.08 bits per heavy atom. The van der Waals surface area contributed by atoms with Crippen LogP contribution in [0.3, 0.4) is 0 Å². The Balaban J connectivity index is 2.06. The van der Waals surface area contributed by atoms with Crippen molar-refractivity contribution in [2.75, 3.05) is 12.3 Å². The summed E-state index contributed by atoms with van der Waals surface area (Å²) in [5.74, 6) is 2.97. The summed E-state index contributed by atoms with van der Waals surface area (Å²) >= 11 is 5.38. The van der Waals surface area contributed by atoms with Crippen LogP contribution in [0, 0.1) is 5.92 Å². The molecule has 1 saturated heterocycles. The molecular weight excluding hydrogens is 250 g/mol. The third kappa shape index (κ3) is 2.11. The van der Waals surface area contributed by atoms with E-state index in [0.717, 1.165) is 22.7 Å². The summed E-state index contributed by atoms with van der Waals surface area (Å²) in [7, 11) is 0. The second-order valence-electron chi connectivity index (χ2n) is 3.36. The summed E-state index contributed by atoms with van der Waals surface area (Å²) in [5, 5.41) is 3.77. The quantitative estimate of drug-likeness (QED) is 0.842. The molecule has 1 aromatic rings. The highest BCUT2D eigenvalue weighted by Crippen LogP contribution is 2.35. The molecular formula is C9H12BrNOS. The summed E-state index contributed by atoms with van der Waals surface area (Å²) in [6.45, 7) is 3.33. The number of rotatable bonds is 1. The summed E-state index contributed by atoms with van der Waals surface area (Å²) in [6.07, 6.45) is 1.72. The molecule has 2 nitrogen and oxygen atoms in total. The van der Waals surface area contributed by atoms with Crippen LogP contribution in [0.2, 0.25) is 0 Å². The van der Waals surface area contributed by atoms with E-state index in [1.807, 2.05) is 17.8 Å². The molecule has 0 aliphatic carbocycles. The van der Waals surface area contributed by atoms with E-state index in [4.69, 9.17) is 4.42 Å². The van der Waals surface area contributed by atoms with Crippen LogP contribution in [0.1, 0.15) is 18.1 Å². The SMILES string of the molecule is CC1CNC(c2occc2Br)SC1. The Morgan fingerprint density at radius 1 is 1.69 bits per heavy atom. The number of thioether (sulfide) groups is 1. The lowest BCUT2D eigenvalue weighted by molar-refractivity contribution is 0.446. The van der Waals surface area contributed by atoms with Gasteiger partial charge in [-0.2, -0.15) is 0 Å². The van der Waals surface area contributed by atoms with E-state index in [1.165, 1.54) is 5.75 Å². The maximum absolute atomic E-state index is 5.41. The van der Waals surface area contributed by atoms with E-state index < -0.39 is 0 Å². The molecule has 13 heavy (non-hydrogen) atoms. The van der Waals surface area contributed by atoms with Gasteiger partial charge in [0.05, 0.1) is 10.7 Å². The van der Waals surface area contributed by atoms with Crippen molar-refractivity contribution in [2.45, 2.75) is 12.3 Å². The van der Waals surface area contributed by atoms with Crippen molar-refractivity contribution >= 4 is 27.7 Å². The highest BCUT2D eigenvalue weighted by Gasteiger charge is 2.23. The van der Waals surface area contributed by atoms with E-state index in [2.05, 4.69) is 28.2 Å². The van der Waals surface area contributed by atoms with Gasteiger partial charge in [0.2, 0.25) is 0 Å². The van der Waals surface area contributed by atoms with Gasteiger partial charge in [-0.05, 0) is 40.2 Å². The number of hydrogen-bond donors (Lipinski definition) is 1. The third-order valence-corrected chi connectivity index (χ3v) is 4.21. The van der Waals surface area contributed by atoms with E-state index >= 15 is 0 Å². The zero-order valence-corrected chi connectivity index (χ0v) is 9.82. The van der Waals surface area contributed by atoms with Gasteiger partial charge in [0.15, 0.2) is 0 Å². The first-order chi connectivity index (χ1) is 6.27. The Labute approximate surface area is 90.6 Å². The molecule has 1 aliphatic heterocycles. The first-order valence-corrected chi connectivity index (χ1v) is 6.19. The van der Waals surface area contributed by atoms with Gasteiger partial charge in [0.25, 0.3) is 0 Å². The molecule has 1 aromatic heterocycles. The molecule has 0 aromatic carbocycles. The fourth-order valence-corrected chi connectivity index (χ4v) is 3.12. The van der Waals surface area contributed by atoms with Gasteiger partial charge >= 0.3 is 0 Å².